The van der Waals surface area contributed by atoms with Crippen molar-refractivity contribution < 1.29 is 5.11 Å². The molecule has 1 N–H and O–H groups in total. The highest BCUT2D eigenvalue weighted by Crippen LogP contribution is 2.42. The summed E-state index contributed by atoms with van der Waals surface area (Å²) in [4.78, 5) is 0. The molecule has 0 saturated heterocycles. The number of hydrogen-bond donors (Lipinski definition) is 1. The van der Waals surface area contributed by atoms with Crippen molar-refractivity contribution in [2.24, 2.45) is 5.41 Å². The van der Waals surface area contributed by atoms with Crippen molar-refractivity contribution >= 4 is 0 Å². The van der Waals surface area contributed by atoms with Gasteiger partial charge in [0, 0.05) is 0 Å². The molecule has 2 aliphatic carbocycles. The van der Waals surface area contributed by atoms with Crippen LogP contribution >= 0.6 is 0 Å². The minimum atomic E-state index is -0.148. The molecule has 0 spiro atoms. The fraction of sp³-hybridized carbons (Fsp3) is 0.846. The highest BCUT2D eigenvalue weighted by Gasteiger charge is 2.36. The zero-order chi connectivity index (χ0) is 10.0. The van der Waals surface area contributed by atoms with Crippen molar-refractivity contribution in [2.45, 2.75) is 64.4 Å². The molecule has 0 bridgehead atoms. The minimum absolute atomic E-state index is 0.148. The lowest BCUT2D eigenvalue weighted by molar-refractivity contribution is 0.0342. The molecular weight excluding hydrogens is 172 g/mol. The van der Waals surface area contributed by atoms with E-state index in [1.807, 2.05) is 0 Å². The van der Waals surface area contributed by atoms with Gasteiger partial charge in [0.15, 0.2) is 0 Å². The Balaban J connectivity index is 2.04. The van der Waals surface area contributed by atoms with Crippen LogP contribution in [0.15, 0.2) is 11.6 Å². The van der Waals surface area contributed by atoms with E-state index in [0.29, 0.717) is 0 Å². The van der Waals surface area contributed by atoms with Crippen LogP contribution in [-0.4, -0.2) is 11.2 Å². The molecule has 0 aromatic carbocycles. The van der Waals surface area contributed by atoms with Crippen molar-refractivity contribution in [1.29, 1.82) is 0 Å². The van der Waals surface area contributed by atoms with Gasteiger partial charge in [-0.25, -0.2) is 0 Å². The second kappa shape index (κ2) is 4.06. The van der Waals surface area contributed by atoms with Gasteiger partial charge in [-0.05, 0) is 43.1 Å². The quantitative estimate of drug-likeness (QED) is 0.668. The van der Waals surface area contributed by atoms with Crippen molar-refractivity contribution in [1.82, 2.24) is 0 Å². The molecule has 0 amide bonds. The fourth-order valence-corrected chi connectivity index (χ4v) is 3.02. The van der Waals surface area contributed by atoms with Gasteiger partial charge in [-0.2, -0.15) is 0 Å². The van der Waals surface area contributed by atoms with Crippen LogP contribution in [0.5, 0.6) is 0 Å². The van der Waals surface area contributed by atoms with E-state index in [9.17, 15) is 5.11 Å². The third-order valence-corrected chi connectivity index (χ3v) is 4.08. The Kier molecular flexibility index (Phi) is 2.96. The summed E-state index contributed by atoms with van der Waals surface area (Å²) in [6.45, 7) is 2.27. The van der Waals surface area contributed by atoms with E-state index in [-0.39, 0.29) is 11.5 Å². The monoisotopic (exact) mass is 194 g/mol. The fourth-order valence-electron chi connectivity index (χ4n) is 3.02. The summed E-state index contributed by atoms with van der Waals surface area (Å²) < 4.78 is 0. The number of aliphatic hydroxyl groups excluding tert-OH is 1. The molecule has 0 aliphatic heterocycles. The second-order valence-corrected chi connectivity index (χ2v) is 5.29. The summed E-state index contributed by atoms with van der Waals surface area (Å²) in [6.07, 6.45) is 12.1. The molecule has 1 fully saturated rings. The van der Waals surface area contributed by atoms with Crippen LogP contribution in [0.4, 0.5) is 0 Å². The van der Waals surface area contributed by atoms with Gasteiger partial charge in [-0.3, -0.25) is 0 Å². The maximum atomic E-state index is 10.4. The summed E-state index contributed by atoms with van der Waals surface area (Å²) >= 11 is 0. The number of rotatable bonds is 2. The SMILES string of the molecule is CC1(C(O)C2=CCCC2)CCCCC1. The third kappa shape index (κ3) is 1.88. The lowest BCUT2D eigenvalue weighted by atomic mass is 9.70. The number of aliphatic hydroxyl groups is 1. The number of allylic oxidation sites excluding steroid dienone is 1. The summed E-state index contributed by atoms with van der Waals surface area (Å²) in [5, 5.41) is 10.4. The van der Waals surface area contributed by atoms with Crippen molar-refractivity contribution in [3.63, 3.8) is 0 Å². The Labute approximate surface area is 87.2 Å². The van der Waals surface area contributed by atoms with Gasteiger partial charge < -0.3 is 5.11 Å². The number of hydrogen-bond acceptors (Lipinski definition) is 1. The Morgan fingerprint density at radius 3 is 2.50 bits per heavy atom. The van der Waals surface area contributed by atoms with Crippen LogP contribution in [-0.2, 0) is 0 Å². The first-order valence-corrected chi connectivity index (χ1v) is 6.09. The summed E-state index contributed by atoms with van der Waals surface area (Å²) in [6, 6.07) is 0. The molecule has 1 heteroatoms. The summed E-state index contributed by atoms with van der Waals surface area (Å²) in [5.74, 6) is 0. The molecule has 2 rings (SSSR count). The second-order valence-electron chi connectivity index (χ2n) is 5.29. The summed E-state index contributed by atoms with van der Waals surface area (Å²) in [7, 11) is 0. The highest BCUT2D eigenvalue weighted by molar-refractivity contribution is 5.16. The van der Waals surface area contributed by atoms with Gasteiger partial charge in [0.05, 0.1) is 6.10 Å². The molecule has 80 valence electrons. The largest absolute Gasteiger partial charge is 0.388 e. The molecule has 0 radical (unpaired) electrons. The maximum Gasteiger partial charge on any atom is 0.0803 e. The van der Waals surface area contributed by atoms with Crippen LogP contribution in [0.1, 0.15) is 58.3 Å². The predicted octanol–water partition coefficient (Wildman–Crippen LogP) is 3.43. The molecule has 1 atom stereocenters. The topological polar surface area (TPSA) is 20.2 Å². The molecule has 0 aromatic rings. The van der Waals surface area contributed by atoms with Crippen LogP contribution in [0.25, 0.3) is 0 Å². The van der Waals surface area contributed by atoms with Crippen LogP contribution in [0.2, 0.25) is 0 Å². The van der Waals surface area contributed by atoms with Crippen molar-refractivity contribution in [2.75, 3.05) is 0 Å². The highest BCUT2D eigenvalue weighted by atomic mass is 16.3. The molecule has 1 nitrogen and oxygen atoms in total. The van der Waals surface area contributed by atoms with E-state index < -0.39 is 0 Å². The average Bonchev–Trinajstić information content (AvgIpc) is 2.70. The van der Waals surface area contributed by atoms with E-state index in [4.69, 9.17) is 0 Å². The molecule has 1 saturated carbocycles. The smallest absolute Gasteiger partial charge is 0.0803 e. The van der Waals surface area contributed by atoms with Crippen LogP contribution < -0.4 is 0 Å². The van der Waals surface area contributed by atoms with Crippen molar-refractivity contribution in [3.05, 3.63) is 11.6 Å². The Morgan fingerprint density at radius 2 is 1.93 bits per heavy atom. The lowest BCUT2D eigenvalue weighted by Gasteiger charge is -2.38. The van der Waals surface area contributed by atoms with E-state index >= 15 is 0 Å². The van der Waals surface area contributed by atoms with E-state index in [2.05, 4.69) is 13.0 Å². The van der Waals surface area contributed by atoms with E-state index in [1.165, 1.54) is 50.5 Å². The van der Waals surface area contributed by atoms with Gasteiger partial charge in [0.1, 0.15) is 0 Å². The van der Waals surface area contributed by atoms with Crippen LogP contribution in [0.3, 0.4) is 0 Å². The first-order chi connectivity index (χ1) is 6.72. The third-order valence-electron chi connectivity index (χ3n) is 4.08. The standard InChI is InChI=1S/C13H22O/c1-13(9-5-2-6-10-13)12(14)11-7-3-4-8-11/h7,12,14H,2-6,8-10H2,1H3. The molecular formula is C13H22O. The Bertz CT molecular complexity index is 223. The van der Waals surface area contributed by atoms with E-state index in [1.54, 1.807) is 0 Å². The molecule has 2 aliphatic rings. The summed E-state index contributed by atoms with van der Waals surface area (Å²) in [5.41, 5.74) is 1.52. The zero-order valence-corrected chi connectivity index (χ0v) is 9.26. The van der Waals surface area contributed by atoms with Gasteiger partial charge >= 0.3 is 0 Å². The van der Waals surface area contributed by atoms with Gasteiger partial charge in [-0.1, -0.05) is 32.3 Å². The average molecular weight is 194 g/mol. The lowest BCUT2D eigenvalue weighted by Crippen LogP contribution is -2.35. The van der Waals surface area contributed by atoms with Crippen LogP contribution in [0, 0.1) is 5.41 Å². The zero-order valence-electron chi connectivity index (χ0n) is 9.26. The van der Waals surface area contributed by atoms with Gasteiger partial charge in [0.25, 0.3) is 0 Å². The molecule has 1 unspecified atom stereocenters. The van der Waals surface area contributed by atoms with Gasteiger partial charge in [0.2, 0.25) is 0 Å². The first-order valence-electron chi connectivity index (χ1n) is 6.09. The first kappa shape index (κ1) is 10.2. The van der Waals surface area contributed by atoms with E-state index in [0.717, 1.165) is 6.42 Å². The van der Waals surface area contributed by atoms with Gasteiger partial charge in [-0.15, -0.1) is 0 Å². The molecule has 0 aromatic heterocycles. The predicted molar refractivity (Wildman–Crippen MR) is 59.1 cm³/mol. The maximum absolute atomic E-state index is 10.4. The van der Waals surface area contributed by atoms with Crippen molar-refractivity contribution in [3.8, 4) is 0 Å². The molecule has 0 heterocycles. The normalized spacial score (nSPS) is 28.6. The minimum Gasteiger partial charge on any atom is -0.388 e. The Morgan fingerprint density at radius 1 is 1.21 bits per heavy atom. The Hall–Kier alpha value is -0.300. The molecule has 14 heavy (non-hydrogen) atoms.